The molecular weight excluding hydrogens is 298 g/mol. The predicted octanol–water partition coefficient (Wildman–Crippen LogP) is 3.45. The molecule has 7 heteroatoms. The Morgan fingerprint density at radius 1 is 1.35 bits per heavy atom. The topological polar surface area (TPSA) is 72.0 Å². The first kappa shape index (κ1) is 13.1. The fraction of sp³-hybridized carbons (Fsp3) is 0.154. The normalized spacial score (nSPS) is 10.9. The highest BCUT2D eigenvalue weighted by Crippen LogP contribution is 2.28. The van der Waals surface area contributed by atoms with Gasteiger partial charge in [-0.2, -0.15) is 4.98 Å². The third-order valence-corrected chi connectivity index (χ3v) is 3.79. The number of aryl methyl sites for hydroxylation is 1. The number of aromatic hydroxyl groups is 1. The minimum atomic E-state index is 0.0214. The summed E-state index contributed by atoms with van der Waals surface area (Å²) in [5.41, 5.74) is 1.59. The molecule has 3 aromatic rings. The summed E-state index contributed by atoms with van der Waals surface area (Å²) in [6.45, 7) is 1.95. The summed E-state index contributed by atoms with van der Waals surface area (Å²) in [5, 5.41) is 16.5. The van der Waals surface area contributed by atoms with E-state index < -0.39 is 0 Å². The number of halogens is 1. The van der Waals surface area contributed by atoms with Crippen LogP contribution >= 0.6 is 22.9 Å². The Kier molecular flexibility index (Phi) is 3.42. The second-order valence-electron chi connectivity index (χ2n) is 4.22. The molecule has 1 aromatic carbocycles. The molecular formula is C13H10ClN3O2S. The van der Waals surface area contributed by atoms with Crippen molar-refractivity contribution in [3.05, 3.63) is 45.1 Å². The van der Waals surface area contributed by atoms with Crippen molar-refractivity contribution < 1.29 is 9.63 Å². The minimum Gasteiger partial charge on any atom is -0.506 e. The van der Waals surface area contributed by atoms with Gasteiger partial charge in [0.1, 0.15) is 5.75 Å². The summed E-state index contributed by atoms with van der Waals surface area (Å²) in [6, 6.07) is 4.75. The van der Waals surface area contributed by atoms with Gasteiger partial charge in [-0.05, 0) is 25.1 Å². The van der Waals surface area contributed by atoms with Crippen molar-refractivity contribution in [2.45, 2.75) is 13.3 Å². The monoisotopic (exact) mass is 307 g/mol. The van der Waals surface area contributed by atoms with Crippen LogP contribution in [0.3, 0.4) is 0 Å². The molecule has 1 N–H and O–H groups in total. The van der Waals surface area contributed by atoms with Gasteiger partial charge in [0.25, 0.3) is 5.89 Å². The molecule has 0 bridgehead atoms. The van der Waals surface area contributed by atoms with Gasteiger partial charge in [0.05, 0.1) is 22.1 Å². The molecule has 0 aliphatic carbocycles. The first-order valence-electron chi connectivity index (χ1n) is 5.84. The Bertz CT molecular complexity index is 754. The number of hydrogen-bond donors (Lipinski definition) is 1. The Morgan fingerprint density at radius 3 is 2.90 bits per heavy atom. The second-order valence-corrected chi connectivity index (χ2v) is 5.69. The molecule has 0 aliphatic heterocycles. The first-order valence-corrected chi connectivity index (χ1v) is 7.10. The standard InChI is InChI=1S/C13H10ClN3O2S/c1-7-15-9(6-20-7)5-12-16-13(19-17-12)8-2-3-11(18)10(14)4-8/h2-4,6,18H,5H2,1H3. The van der Waals surface area contributed by atoms with Crippen LogP contribution in [-0.4, -0.2) is 20.2 Å². The maximum atomic E-state index is 9.39. The van der Waals surface area contributed by atoms with E-state index in [4.69, 9.17) is 16.1 Å². The Labute approximate surface area is 123 Å². The van der Waals surface area contributed by atoms with Gasteiger partial charge in [-0.25, -0.2) is 4.98 Å². The molecule has 2 heterocycles. The van der Waals surface area contributed by atoms with E-state index in [0.717, 1.165) is 10.7 Å². The molecule has 0 saturated heterocycles. The third kappa shape index (κ3) is 2.66. The van der Waals surface area contributed by atoms with Crippen molar-refractivity contribution in [3.8, 4) is 17.2 Å². The van der Waals surface area contributed by atoms with E-state index in [1.165, 1.54) is 6.07 Å². The number of thiazole rings is 1. The van der Waals surface area contributed by atoms with Crippen molar-refractivity contribution in [2.75, 3.05) is 0 Å². The van der Waals surface area contributed by atoms with Crippen LogP contribution in [0, 0.1) is 6.92 Å². The summed E-state index contributed by atoms with van der Waals surface area (Å²) in [6.07, 6.45) is 0.527. The molecule has 3 rings (SSSR count). The molecule has 0 aliphatic rings. The molecule has 20 heavy (non-hydrogen) atoms. The summed E-state index contributed by atoms with van der Waals surface area (Å²) < 4.78 is 5.20. The molecule has 0 unspecified atom stereocenters. The molecule has 0 radical (unpaired) electrons. The Balaban J connectivity index is 1.84. The van der Waals surface area contributed by atoms with Crippen molar-refractivity contribution in [2.24, 2.45) is 0 Å². The highest BCUT2D eigenvalue weighted by molar-refractivity contribution is 7.09. The Hall–Kier alpha value is -1.92. The number of rotatable bonds is 3. The third-order valence-electron chi connectivity index (χ3n) is 2.67. The molecule has 0 spiro atoms. The second kappa shape index (κ2) is 5.22. The number of phenols is 1. The van der Waals surface area contributed by atoms with Gasteiger partial charge in [0, 0.05) is 10.9 Å². The van der Waals surface area contributed by atoms with Gasteiger partial charge in [0.15, 0.2) is 5.82 Å². The Morgan fingerprint density at radius 2 is 2.20 bits per heavy atom. The number of aromatic nitrogens is 3. The van der Waals surface area contributed by atoms with E-state index in [-0.39, 0.29) is 10.8 Å². The molecule has 0 fully saturated rings. The average molecular weight is 308 g/mol. The quantitative estimate of drug-likeness (QED) is 0.802. The number of benzene rings is 1. The van der Waals surface area contributed by atoms with Gasteiger partial charge in [-0.3, -0.25) is 0 Å². The summed E-state index contributed by atoms with van der Waals surface area (Å²) >= 11 is 7.44. The maximum Gasteiger partial charge on any atom is 0.257 e. The van der Waals surface area contributed by atoms with Gasteiger partial charge < -0.3 is 9.63 Å². The van der Waals surface area contributed by atoms with Crippen LogP contribution in [0.25, 0.3) is 11.5 Å². The molecule has 2 aromatic heterocycles. The number of hydrogen-bond acceptors (Lipinski definition) is 6. The van der Waals surface area contributed by atoms with E-state index >= 15 is 0 Å². The molecule has 0 saturated carbocycles. The largest absolute Gasteiger partial charge is 0.506 e. The van der Waals surface area contributed by atoms with Crippen molar-refractivity contribution in [1.29, 1.82) is 0 Å². The van der Waals surface area contributed by atoms with Crippen LogP contribution in [0.4, 0.5) is 0 Å². The zero-order valence-electron chi connectivity index (χ0n) is 10.5. The zero-order chi connectivity index (χ0) is 14.1. The highest BCUT2D eigenvalue weighted by Gasteiger charge is 2.12. The summed E-state index contributed by atoms with van der Waals surface area (Å²) in [5.74, 6) is 0.955. The fourth-order valence-electron chi connectivity index (χ4n) is 1.73. The molecule has 0 amide bonds. The van der Waals surface area contributed by atoms with Gasteiger partial charge >= 0.3 is 0 Å². The summed E-state index contributed by atoms with van der Waals surface area (Å²) in [4.78, 5) is 8.66. The van der Waals surface area contributed by atoms with Crippen LogP contribution in [0.15, 0.2) is 28.1 Å². The van der Waals surface area contributed by atoms with Gasteiger partial charge in [-0.15, -0.1) is 11.3 Å². The van der Waals surface area contributed by atoms with Crippen molar-refractivity contribution >= 4 is 22.9 Å². The van der Waals surface area contributed by atoms with E-state index in [1.54, 1.807) is 23.5 Å². The lowest BCUT2D eigenvalue weighted by molar-refractivity contribution is 0.423. The van der Waals surface area contributed by atoms with Crippen molar-refractivity contribution in [1.82, 2.24) is 15.1 Å². The van der Waals surface area contributed by atoms with Gasteiger partial charge in [0.2, 0.25) is 0 Å². The fourth-order valence-corrected chi connectivity index (χ4v) is 2.53. The van der Waals surface area contributed by atoms with E-state index in [2.05, 4.69) is 15.1 Å². The predicted molar refractivity (Wildman–Crippen MR) is 76.1 cm³/mol. The summed E-state index contributed by atoms with van der Waals surface area (Å²) in [7, 11) is 0. The molecule has 0 atom stereocenters. The van der Waals surface area contributed by atoms with Gasteiger partial charge in [-0.1, -0.05) is 16.8 Å². The van der Waals surface area contributed by atoms with Crippen LogP contribution in [0.2, 0.25) is 5.02 Å². The maximum absolute atomic E-state index is 9.39. The smallest absolute Gasteiger partial charge is 0.257 e. The molecule has 5 nitrogen and oxygen atoms in total. The SMILES string of the molecule is Cc1nc(Cc2noc(-c3ccc(O)c(Cl)c3)n2)cs1. The van der Waals surface area contributed by atoms with E-state index in [1.807, 2.05) is 12.3 Å². The van der Waals surface area contributed by atoms with Crippen molar-refractivity contribution in [3.63, 3.8) is 0 Å². The van der Waals surface area contributed by atoms with E-state index in [0.29, 0.717) is 23.7 Å². The lowest BCUT2D eigenvalue weighted by Crippen LogP contribution is -1.91. The average Bonchev–Trinajstić information content (AvgIpc) is 3.03. The number of nitrogens with zero attached hydrogens (tertiary/aromatic N) is 3. The first-order chi connectivity index (χ1) is 9.61. The van der Waals surface area contributed by atoms with Crippen LogP contribution < -0.4 is 0 Å². The number of phenolic OH excluding ortho intramolecular Hbond substituents is 1. The van der Waals surface area contributed by atoms with E-state index in [9.17, 15) is 5.11 Å². The molecule has 102 valence electrons. The zero-order valence-corrected chi connectivity index (χ0v) is 12.1. The van der Waals surface area contributed by atoms with Crippen LogP contribution in [0.1, 0.15) is 16.5 Å². The van der Waals surface area contributed by atoms with Crippen LogP contribution in [0.5, 0.6) is 5.75 Å². The lowest BCUT2D eigenvalue weighted by Gasteiger charge is -1.97. The highest BCUT2D eigenvalue weighted by atomic mass is 35.5. The minimum absolute atomic E-state index is 0.0214. The van der Waals surface area contributed by atoms with Crippen LogP contribution in [-0.2, 0) is 6.42 Å². The lowest BCUT2D eigenvalue weighted by atomic mass is 10.2.